The first-order valence-electron chi connectivity index (χ1n) is 4.79. The van der Waals surface area contributed by atoms with Crippen LogP contribution in [0.1, 0.15) is 25.3 Å². The summed E-state index contributed by atoms with van der Waals surface area (Å²) in [6.45, 7) is 2.06. The zero-order valence-electron chi connectivity index (χ0n) is 7.92. The minimum absolute atomic E-state index is 0.436. The highest BCUT2D eigenvalue weighted by molar-refractivity contribution is 5.35. The molecule has 70 valence electrons. The molecule has 2 heteroatoms. The molecular formula is C11H15NO. The molecule has 2 rings (SSSR count). The first-order chi connectivity index (χ1) is 6.23. The minimum atomic E-state index is -0.436. The van der Waals surface area contributed by atoms with Crippen molar-refractivity contribution in [1.29, 1.82) is 0 Å². The van der Waals surface area contributed by atoms with Gasteiger partial charge in [-0.3, -0.25) is 5.73 Å². The van der Waals surface area contributed by atoms with Crippen LogP contribution in [0.25, 0.3) is 0 Å². The highest BCUT2D eigenvalue weighted by atomic mass is 16.5. The predicted molar refractivity (Wildman–Crippen MR) is 52.6 cm³/mol. The van der Waals surface area contributed by atoms with E-state index in [2.05, 4.69) is 13.0 Å². The third-order valence-corrected chi connectivity index (χ3v) is 2.70. The number of nitrogens with two attached hydrogens (primary N) is 1. The Morgan fingerprint density at radius 1 is 1.46 bits per heavy atom. The van der Waals surface area contributed by atoms with E-state index in [1.165, 1.54) is 5.56 Å². The van der Waals surface area contributed by atoms with E-state index in [1.807, 2.05) is 18.2 Å². The molecule has 0 bridgehead atoms. The van der Waals surface area contributed by atoms with Crippen molar-refractivity contribution in [2.45, 2.75) is 31.9 Å². The number of benzene rings is 1. The summed E-state index contributed by atoms with van der Waals surface area (Å²) < 4.78 is 5.75. The highest BCUT2D eigenvalue weighted by Gasteiger charge is 2.29. The monoisotopic (exact) mass is 177 g/mol. The molecule has 0 saturated carbocycles. The van der Waals surface area contributed by atoms with Crippen LogP contribution in [0.2, 0.25) is 0 Å². The summed E-state index contributed by atoms with van der Waals surface area (Å²) in [4.78, 5) is 0. The summed E-state index contributed by atoms with van der Waals surface area (Å²) >= 11 is 0. The smallest absolute Gasteiger partial charge is 0.158 e. The van der Waals surface area contributed by atoms with Gasteiger partial charge in [0.2, 0.25) is 0 Å². The summed E-state index contributed by atoms with van der Waals surface area (Å²) in [5.41, 5.74) is 6.89. The summed E-state index contributed by atoms with van der Waals surface area (Å²) in [5, 5.41) is 0. The van der Waals surface area contributed by atoms with Gasteiger partial charge in [-0.25, -0.2) is 0 Å². The molecule has 0 aliphatic carbocycles. The first kappa shape index (κ1) is 8.57. The molecule has 1 unspecified atom stereocenters. The summed E-state index contributed by atoms with van der Waals surface area (Å²) in [7, 11) is 0. The third kappa shape index (κ3) is 1.54. The average Bonchev–Trinajstić information content (AvgIpc) is 2.18. The molecule has 1 atom stereocenters. The summed E-state index contributed by atoms with van der Waals surface area (Å²) in [6, 6.07) is 8.12. The van der Waals surface area contributed by atoms with Gasteiger partial charge in [-0.15, -0.1) is 0 Å². The van der Waals surface area contributed by atoms with Crippen LogP contribution in [-0.4, -0.2) is 5.72 Å². The number of aryl methyl sites for hydroxylation is 1. The Kier molecular flexibility index (Phi) is 2.00. The molecule has 0 aromatic heterocycles. The van der Waals surface area contributed by atoms with E-state index in [-0.39, 0.29) is 0 Å². The standard InChI is InChI=1S/C11H15NO/c1-2-11(12)8-7-9-5-3-4-6-10(9)13-11/h3-6H,2,7-8,12H2,1H3. The van der Waals surface area contributed by atoms with Crippen molar-refractivity contribution < 1.29 is 4.74 Å². The molecule has 2 N–H and O–H groups in total. The molecule has 0 saturated heterocycles. The van der Waals surface area contributed by atoms with E-state index in [1.54, 1.807) is 0 Å². The minimum Gasteiger partial charge on any atom is -0.473 e. The molecule has 1 aliphatic rings. The molecule has 0 spiro atoms. The Morgan fingerprint density at radius 3 is 3.00 bits per heavy atom. The zero-order chi connectivity index (χ0) is 9.31. The van der Waals surface area contributed by atoms with Gasteiger partial charge in [-0.2, -0.15) is 0 Å². The van der Waals surface area contributed by atoms with Crippen LogP contribution in [0.4, 0.5) is 0 Å². The first-order valence-corrected chi connectivity index (χ1v) is 4.79. The largest absolute Gasteiger partial charge is 0.473 e. The highest BCUT2D eigenvalue weighted by Crippen LogP contribution is 2.31. The maximum Gasteiger partial charge on any atom is 0.158 e. The lowest BCUT2D eigenvalue weighted by Gasteiger charge is -2.34. The van der Waals surface area contributed by atoms with Crippen LogP contribution in [0.3, 0.4) is 0 Å². The topological polar surface area (TPSA) is 35.2 Å². The number of rotatable bonds is 1. The van der Waals surface area contributed by atoms with Crippen molar-refractivity contribution >= 4 is 0 Å². The number of ether oxygens (including phenoxy) is 1. The van der Waals surface area contributed by atoms with Gasteiger partial charge in [-0.05, 0) is 24.5 Å². The van der Waals surface area contributed by atoms with Crippen molar-refractivity contribution in [3.8, 4) is 5.75 Å². The molecule has 1 aliphatic heterocycles. The van der Waals surface area contributed by atoms with E-state index in [0.29, 0.717) is 0 Å². The normalized spacial score (nSPS) is 26.3. The SMILES string of the molecule is CCC1(N)CCc2ccccc2O1. The maximum atomic E-state index is 6.05. The van der Waals surface area contributed by atoms with Gasteiger partial charge in [0.25, 0.3) is 0 Å². The Morgan fingerprint density at radius 2 is 2.23 bits per heavy atom. The van der Waals surface area contributed by atoms with E-state index >= 15 is 0 Å². The van der Waals surface area contributed by atoms with Crippen molar-refractivity contribution in [2.75, 3.05) is 0 Å². The van der Waals surface area contributed by atoms with Crippen molar-refractivity contribution in [3.05, 3.63) is 29.8 Å². The quantitative estimate of drug-likeness (QED) is 0.712. The lowest BCUT2D eigenvalue weighted by molar-refractivity contribution is 0.0487. The van der Waals surface area contributed by atoms with Gasteiger partial charge in [0.15, 0.2) is 5.72 Å². The van der Waals surface area contributed by atoms with Gasteiger partial charge in [-0.1, -0.05) is 25.1 Å². The lowest BCUT2D eigenvalue weighted by Crippen LogP contribution is -2.47. The van der Waals surface area contributed by atoms with E-state index in [9.17, 15) is 0 Å². The van der Waals surface area contributed by atoms with Gasteiger partial charge in [0.1, 0.15) is 5.75 Å². The fraction of sp³-hybridized carbons (Fsp3) is 0.455. The van der Waals surface area contributed by atoms with Gasteiger partial charge in [0, 0.05) is 6.42 Å². The van der Waals surface area contributed by atoms with E-state index < -0.39 is 5.72 Å². The second-order valence-corrected chi connectivity index (χ2v) is 3.63. The Balaban J connectivity index is 2.29. The molecule has 0 radical (unpaired) electrons. The fourth-order valence-corrected chi connectivity index (χ4v) is 1.68. The molecular weight excluding hydrogens is 162 g/mol. The van der Waals surface area contributed by atoms with Crippen molar-refractivity contribution in [1.82, 2.24) is 0 Å². The van der Waals surface area contributed by atoms with Crippen molar-refractivity contribution in [2.24, 2.45) is 5.73 Å². The fourth-order valence-electron chi connectivity index (χ4n) is 1.68. The molecule has 0 fully saturated rings. The molecule has 1 aromatic carbocycles. The molecule has 0 amide bonds. The number of hydrogen-bond acceptors (Lipinski definition) is 2. The van der Waals surface area contributed by atoms with Gasteiger partial charge < -0.3 is 4.74 Å². The Hall–Kier alpha value is -1.02. The maximum absolute atomic E-state index is 6.05. The number of hydrogen-bond donors (Lipinski definition) is 1. The molecule has 1 heterocycles. The molecule has 1 aromatic rings. The molecule has 13 heavy (non-hydrogen) atoms. The van der Waals surface area contributed by atoms with Gasteiger partial charge >= 0.3 is 0 Å². The van der Waals surface area contributed by atoms with E-state index in [0.717, 1.165) is 25.0 Å². The zero-order valence-corrected chi connectivity index (χ0v) is 7.92. The number of para-hydroxylation sites is 1. The van der Waals surface area contributed by atoms with Crippen LogP contribution in [0, 0.1) is 0 Å². The lowest BCUT2D eigenvalue weighted by atomic mass is 9.97. The Labute approximate surface area is 78.7 Å². The third-order valence-electron chi connectivity index (χ3n) is 2.70. The second-order valence-electron chi connectivity index (χ2n) is 3.63. The second kappa shape index (κ2) is 3.04. The molecule has 2 nitrogen and oxygen atoms in total. The summed E-state index contributed by atoms with van der Waals surface area (Å²) in [6.07, 6.45) is 2.81. The van der Waals surface area contributed by atoms with Crippen molar-refractivity contribution in [3.63, 3.8) is 0 Å². The van der Waals surface area contributed by atoms with Crippen LogP contribution in [0.15, 0.2) is 24.3 Å². The van der Waals surface area contributed by atoms with Crippen LogP contribution in [0.5, 0.6) is 5.75 Å². The summed E-state index contributed by atoms with van der Waals surface area (Å²) in [5.74, 6) is 0.957. The van der Waals surface area contributed by atoms with Crippen LogP contribution >= 0.6 is 0 Å². The van der Waals surface area contributed by atoms with Crippen LogP contribution < -0.4 is 10.5 Å². The number of fused-ring (bicyclic) bond motifs is 1. The predicted octanol–water partition coefficient (Wildman–Crippen LogP) is 2.08. The Bertz CT molecular complexity index is 311. The van der Waals surface area contributed by atoms with Gasteiger partial charge in [0.05, 0.1) is 0 Å². The van der Waals surface area contributed by atoms with E-state index in [4.69, 9.17) is 10.5 Å². The van der Waals surface area contributed by atoms with Crippen LogP contribution in [-0.2, 0) is 6.42 Å². The average molecular weight is 177 g/mol.